The zero-order chi connectivity index (χ0) is 28.2. The zero-order valence-corrected chi connectivity index (χ0v) is 20.5. The number of amides is 3. The topological polar surface area (TPSA) is 170 Å². The van der Waals surface area contributed by atoms with Crippen LogP contribution in [-0.4, -0.2) is 81.5 Å². The van der Waals surface area contributed by atoms with Crippen LogP contribution < -0.4 is 5.73 Å². The number of hydrogen-bond donors (Lipinski definition) is 4. The lowest BCUT2D eigenvalue weighted by Gasteiger charge is -2.27. The van der Waals surface area contributed by atoms with Gasteiger partial charge in [0.25, 0.3) is 5.91 Å². The standard InChI is InChI=1S/C22H27N5O4.C2HF3O2/c1-31-22(30)27-17-10-11-26(19(17)14(20(27)28)7-3-5-9-18(23)24)21(29)16-12-13-6-2-4-8-15(13)25-16;3-2(4,5)1(6)7/h2,4,6,8,12,14,17,19,25H,3,5,7,9-11H2,1H3,(H3,23,24);(H,6,7)/t14-,17+,19-;/m1./s1. The third-order valence-electron chi connectivity index (χ3n) is 6.56. The molecule has 5 N–H and O–H groups in total. The van der Waals surface area contributed by atoms with Crippen LogP contribution in [0.5, 0.6) is 0 Å². The van der Waals surface area contributed by atoms with Crippen LogP contribution >= 0.6 is 0 Å². The molecule has 0 bridgehead atoms. The number of carboxylic acids is 1. The van der Waals surface area contributed by atoms with E-state index in [1.165, 1.54) is 12.0 Å². The van der Waals surface area contributed by atoms with E-state index in [0.717, 1.165) is 10.9 Å². The quantitative estimate of drug-likeness (QED) is 0.248. The van der Waals surface area contributed by atoms with Gasteiger partial charge in [-0.3, -0.25) is 15.0 Å². The first-order valence-corrected chi connectivity index (χ1v) is 11.8. The molecule has 0 spiro atoms. The molecule has 3 amide bonds. The summed E-state index contributed by atoms with van der Waals surface area (Å²) in [6.45, 7) is 0.467. The number of nitrogens with two attached hydrogens (primary N) is 1. The Bertz CT molecular complexity index is 1200. The van der Waals surface area contributed by atoms with Crippen molar-refractivity contribution in [2.45, 2.75) is 50.4 Å². The van der Waals surface area contributed by atoms with Gasteiger partial charge in [-0.1, -0.05) is 24.6 Å². The first-order chi connectivity index (χ1) is 17.9. The molecule has 14 heteroatoms. The molecule has 1 aromatic carbocycles. The van der Waals surface area contributed by atoms with Gasteiger partial charge in [-0.25, -0.2) is 14.5 Å². The number of alkyl halides is 3. The van der Waals surface area contributed by atoms with Gasteiger partial charge in [0.05, 0.1) is 30.9 Å². The number of methoxy groups -OCH3 is 1. The molecule has 2 saturated heterocycles. The number of H-pyrrole nitrogens is 1. The van der Waals surface area contributed by atoms with Crippen LogP contribution in [0, 0.1) is 11.3 Å². The van der Waals surface area contributed by atoms with Crippen molar-refractivity contribution in [1.29, 1.82) is 5.41 Å². The molecule has 2 aliphatic rings. The van der Waals surface area contributed by atoms with Crippen molar-refractivity contribution >= 4 is 40.6 Å². The third kappa shape index (κ3) is 6.06. The first-order valence-electron chi connectivity index (χ1n) is 11.8. The molecule has 4 rings (SSSR count). The van der Waals surface area contributed by atoms with Crippen LogP contribution in [0.1, 0.15) is 42.6 Å². The number of aromatic nitrogens is 1. The smallest absolute Gasteiger partial charge is 0.475 e. The molecule has 1 aromatic heterocycles. The van der Waals surface area contributed by atoms with Gasteiger partial charge < -0.3 is 25.5 Å². The maximum atomic E-state index is 13.4. The summed E-state index contributed by atoms with van der Waals surface area (Å²) in [6.07, 6.45) is -2.87. The molecule has 0 radical (unpaired) electrons. The molecule has 38 heavy (non-hydrogen) atoms. The minimum absolute atomic E-state index is 0.114. The zero-order valence-electron chi connectivity index (χ0n) is 20.5. The first kappa shape index (κ1) is 28.5. The molecule has 2 aromatic rings. The average Bonchev–Trinajstić information content (AvgIpc) is 3.54. The number of para-hydroxylation sites is 1. The average molecular weight is 540 g/mol. The summed E-state index contributed by atoms with van der Waals surface area (Å²) >= 11 is 0. The van der Waals surface area contributed by atoms with E-state index < -0.39 is 24.2 Å². The van der Waals surface area contributed by atoms with Crippen LogP contribution in [0.25, 0.3) is 10.9 Å². The van der Waals surface area contributed by atoms with Crippen molar-refractivity contribution in [2.75, 3.05) is 13.7 Å². The molecule has 11 nitrogen and oxygen atoms in total. The van der Waals surface area contributed by atoms with Gasteiger partial charge in [-0.2, -0.15) is 13.2 Å². The number of fused-ring (bicyclic) bond motifs is 2. The highest BCUT2D eigenvalue weighted by atomic mass is 19.4. The highest BCUT2D eigenvalue weighted by Crippen LogP contribution is 2.40. The lowest BCUT2D eigenvalue weighted by molar-refractivity contribution is -0.192. The Kier molecular flexibility index (Phi) is 8.63. The second kappa shape index (κ2) is 11.5. The van der Waals surface area contributed by atoms with Gasteiger partial charge in [-0.05, 0) is 31.4 Å². The number of benzene rings is 1. The number of ether oxygens (including phenoxy) is 1. The van der Waals surface area contributed by atoms with Crippen molar-refractivity contribution in [3.05, 3.63) is 36.0 Å². The summed E-state index contributed by atoms with van der Waals surface area (Å²) < 4.78 is 36.6. The molecule has 2 fully saturated rings. The summed E-state index contributed by atoms with van der Waals surface area (Å²) in [4.78, 5) is 53.8. The van der Waals surface area contributed by atoms with E-state index in [9.17, 15) is 27.6 Å². The molecule has 2 aliphatic heterocycles. The van der Waals surface area contributed by atoms with E-state index >= 15 is 0 Å². The molecule has 3 atom stereocenters. The van der Waals surface area contributed by atoms with Gasteiger partial charge in [0.15, 0.2) is 0 Å². The maximum absolute atomic E-state index is 13.4. The predicted molar refractivity (Wildman–Crippen MR) is 128 cm³/mol. The Morgan fingerprint density at radius 1 is 1.24 bits per heavy atom. The molecular formula is C24H28F3N5O6. The van der Waals surface area contributed by atoms with Crippen LogP contribution in [0.15, 0.2) is 30.3 Å². The second-order valence-corrected chi connectivity index (χ2v) is 8.97. The van der Waals surface area contributed by atoms with Crippen molar-refractivity contribution in [1.82, 2.24) is 14.8 Å². The number of unbranched alkanes of at least 4 members (excludes halogenated alkanes) is 1. The number of carboxylic acid groups (broad SMARTS) is 1. The molecule has 0 saturated carbocycles. The Morgan fingerprint density at radius 2 is 1.89 bits per heavy atom. The van der Waals surface area contributed by atoms with Gasteiger partial charge in [-0.15, -0.1) is 0 Å². The van der Waals surface area contributed by atoms with Gasteiger partial charge >= 0.3 is 18.2 Å². The molecule has 206 valence electrons. The fourth-order valence-electron chi connectivity index (χ4n) is 4.93. The Balaban J connectivity index is 0.000000505. The van der Waals surface area contributed by atoms with E-state index in [1.54, 1.807) is 4.90 Å². The van der Waals surface area contributed by atoms with Crippen molar-refractivity contribution < 1.29 is 42.2 Å². The van der Waals surface area contributed by atoms with Crippen molar-refractivity contribution in [2.24, 2.45) is 11.7 Å². The van der Waals surface area contributed by atoms with E-state index in [4.69, 9.17) is 25.8 Å². The van der Waals surface area contributed by atoms with E-state index in [1.807, 2.05) is 30.3 Å². The van der Waals surface area contributed by atoms with Crippen molar-refractivity contribution in [3.8, 4) is 0 Å². The number of nitrogens with zero attached hydrogens (tertiary/aromatic N) is 2. The number of rotatable bonds is 6. The number of halogens is 3. The van der Waals surface area contributed by atoms with E-state index in [-0.39, 0.29) is 29.7 Å². The molecule has 0 unspecified atom stereocenters. The molecule has 3 heterocycles. The predicted octanol–water partition coefficient (Wildman–Crippen LogP) is 3.11. The number of carbonyl (C=O) groups is 4. The molecular weight excluding hydrogens is 511 g/mol. The summed E-state index contributed by atoms with van der Waals surface area (Å²) in [5, 5.41) is 15.4. The van der Waals surface area contributed by atoms with Crippen molar-refractivity contribution in [3.63, 3.8) is 0 Å². The minimum Gasteiger partial charge on any atom is -0.475 e. The number of hydrogen-bond acceptors (Lipinski definition) is 6. The number of aliphatic carboxylic acids is 1. The van der Waals surface area contributed by atoms with Crippen LogP contribution in [-0.2, 0) is 14.3 Å². The summed E-state index contributed by atoms with van der Waals surface area (Å²) in [5.74, 6) is -3.58. The fourth-order valence-corrected chi connectivity index (χ4v) is 4.93. The SMILES string of the molecule is COC(=O)N1C(=O)[C@H](CCCCC(=N)N)[C@@H]2[C@@H]1CCN2C(=O)c1cc2ccccc2[nH]1.O=C(O)C(F)(F)F. The minimum atomic E-state index is -5.08. The van der Waals surface area contributed by atoms with Crippen LogP contribution in [0.3, 0.4) is 0 Å². The number of carbonyl (C=O) groups excluding carboxylic acids is 3. The second-order valence-electron chi connectivity index (χ2n) is 8.97. The number of nitrogens with one attached hydrogen (secondary N) is 2. The number of amidine groups is 1. The highest BCUT2D eigenvalue weighted by molar-refractivity contribution is 6.01. The normalized spacial score (nSPS) is 20.6. The number of imide groups is 1. The number of aromatic amines is 1. The maximum Gasteiger partial charge on any atom is 0.490 e. The summed E-state index contributed by atoms with van der Waals surface area (Å²) in [6, 6.07) is 8.72. The molecule has 0 aliphatic carbocycles. The third-order valence-corrected chi connectivity index (χ3v) is 6.56. The summed E-state index contributed by atoms with van der Waals surface area (Å²) in [7, 11) is 1.26. The lowest BCUT2D eigenvalue weighted by atomic mass is 9.92. The van der Waals surface area contributed by atoms with Crippen LogP contribution in [0.4, 0.5) is 18.0 Å². The van der Waals surface area contributed by atoms with E-state index in [0.29, 0.717) is 44.3 Å². The highest BCUT2D eigenvalue weighted by Gasteiger charge is 2.57. The summed E-state index contributed by atoms with van der Waals surface area (Å²) in [5.41, 5.74) is 6.78. The fraction of sp³-hybridized carbons (Fsp3) is 0.458. The van der Waals surface area contributed by atoms with E-state index in [2.05, 4.69) is 4.98 Å². The monoisotopic (exact) mass is 539 g/mol. The lowest BCUT2D eigenvalue weighted by Crippen LogP contribution is -2.43. The van der Waals surface area contributed by atoms with Gasteiger partial charge in [0.1, 0.15) is 5.69 Å². The Hall–Kier alpha value is -4.10. The van der Waals surface area contributed by atoms with Crippen LogP contribution in [0.2, 0.25) is 0 Å². The Morgan fingerprint density at radius 3 is 2.47 bits per heavy atom. The Labute approximate surface area is 215 Å². The van der Waals surface area contributed by atoms with Gasteiger partial charge in [0.2, 0.25) is 5.91 Å². The van der Waals surface area contributed by atoms with Gasteiger partial charge in [0, 0.05) is 23.9 Å². The number of likely N-dealkylation sites (tertiary alicyclic amines) is 2. The largest absolute Gasteiger partial charge is 0.490 e.